The van der Waals surface area contributed by atoms with Crippen LogP contribution in [0.15, 0.2) is 41.9 Å². The molecule has 1 saturated carbocycles. The molecule has 1 aliphatic rings. The van der Waals surface area contributed by atoms with E-state index in [1.54, 1.807) is 18.2 Å². The molecule has 11 heteroatoms. The van der Waals surface area contributed by atoms with Crippen molar-refractivity contribution in [1.82, 2.24) is 29.5 Å². The van der Waals surface area contributed by atoms with Crippen molar-refractivity contribution in [2.45, 2.75) is 49.6 Å². The van der Waals surface area contributed by atoms with E-state index in [-0.39, 0.29) is 22.9 Å². The van der Waals surface area contributed by atoms with Gasteiger partial charge in [0.25, 0.3) is 0 Å². The van der Waals surface area contributed by atoms with Gasteiger partial charge < -0.3 is 10.8 Å². The molecule has 0 bridgehead atoms. The van der Waals surface area contributed by atoms with Crippen LogP contribution in [0.4, 0.5) is 5.82 Å². The van der Waals surface area contributed by atoms with Gasteiger partial charge in [0.05, 0.1) is 22.9 Å². The second-order valence-electron chi connectivity index (χ2n) is 7.41. The molecule has 4 N–H and O–H groups in total. The molecule has 0 unspecified atom stereocenters. The first-order valence-corrected chi connectivity index (χ1v) is 11.1. The molecular formula is C19H23N7O3S. The van der Waals surface area contributed by atoms with Crippen molar-refractivity contribution in [1.29, 1.82) is 0 Å². The molecule has 0 aliphatic heterocycles. The number of aromatic nitrogens is 5. The minimum absolute atomic E-state index is 0.148. The molecule has 1 aliphatic carbocycles. The maximum atomic E-state index is 12.9. The standard InChI is InChI=1S/C19H23N7O3S/c1-12-2-7-15(30(28,29)25-13-3-5-14(27)6-4-13)8-16(12)17-9-22-18(20)19(24-17)26-11-21-10-23-26/h2,7-11,13-14,25,27H,3-6H2,1H3,(H2,20,22)/t13-,14+. The lowest BCUT2D eigenvalue weighted by molar-refractivity contribution is 0.120. The third-order valence-electron chi connectivity index (χ3n) is 5.23. The maximum Gasteiger partial charge on any atom is 0.240 e. The number of hydrogen-bond acceptors (Lipinski definition) is 8. The van der Waals surface area contributed by atoms with Crippen molar-refractivity contribution in [3.8, 4) is 17.1 Å². The Kier molecular flexibility index (Phi) is 5.50. The number of benzene rings is 1. The first kappa shape index (κ1) is 20.4. The Bertz CT molecular complexity index is 1140. The Morgan fingerprint density at radius 3 is 2.70 bits per heavy atom. The second-order valence-corrected chi connectivity index (χ2v) is 9.12. The monoisotopic (exact) mass is 429 g/mol. The lowest BCUT2D eigenvalue weighted by Gasteiger charge is -2.26. The average molecular weight is 430 g/mol. The van der Waals surface area contributed by atoms with Crippen LogP contribution in [0.5, 0.6) is 0 Å². The Morgan fingerprint density at radius 1 is 1.23 bits per heavy atom. The Morgan fingerprint density at radius 2 is 2.00 bits per heavy atom. The number of aliphatic hydroxyl groups is 1. The Labute approximate surface area is 174 Å². The molecule has 3 aromatic rings. The Balaban J connectivity index is 1.66. The maximum absolute atomic E-state index is 12.9. The van der Waals surface area contributed by atoms with E-state index in [0.717, 1.165) is 5.56 Å². The second kappa shape index (κ2) is 8.09. The topological polar surface area (TPSA) is 149 Å². The smallest absolute Gasteiger partial charge is 0.240 e. The van der Waals surface area contributed by atoms with Crippen LogP contribution in [-0.2, 0) is 10.0 Å². The molecule has 158 valence electrons. The van der Waals surface area contributed by atoms with Crippen LogP contribution < -0.4 is 10.5 Å². The van der Waals surface area contributed by atoms with Crippen LogP contribution in [0.3, 0.4) is 0 Å². The highest BCUT2D eigenvalue weighted by molar-refractivity contribution is 7.89. The predicted molar refractivity (Wildman–Crippen MR) is 110 cm³/mol. The predicted octanol–water partition coefficient (Wildman–Crippen LogP) is 1.20. The number of nitrogens with zero attached hydrogens (tertiary/aromatic N) is 5. The van der Waals surface area contributed by atoms with E-state index < -0.39 is 10.0 Å². The largest absolute Gasteiger partial charge is 0.393 e. The van der Waals surface area contributed by atoms with Crippen molar-refractivity contribution >= 4 is 15.8 Å². The summed E-state index contributed by atoms with van der Waals surface area (Å²) >= 11 is 0. The minimum Gasteiger partial charge on any atom is -0.393 e. The molecule has 0 radical (unpaired) electrons. The molecule has 2 heterocycles. The van der Waals surface area contributed by atoms with Crippen molar-refractivity contribution in [2.24, 2.45) is 0 Å². The van der Waals surface area contributed by atoms with Crippen molar-refractivity contribution in [3.63, 3.8) is 0 Å². The normalized spacial score (nSPS) is 19.7. The molecule has 0 saturated heterocycles. The van der Waals surface area contributed by atoms with Gasteiger partial charge in [0.15, 0.2) is 11.6 Å². The summed E-state index contributed by atoms with van der Waals surface area (Å²) < 4.78 is 30.0. The number of aliphatic hydroxyl groups excluding tert-OH is 1. The van der Waals surface area contributed by atoms with E-state index in [2.05, 4.69) is 24.8 Å². The van der Waals surface area contributed by atoms with Crippen molar-refractivity contribution in [2.75, 3.05) is 5.73 Å². The summed E-state index contributed by atoms with van der Waals surface area (Å²) in [6, 6.07) is 4.71. The third kappa shape index (κ3) is 4.18. The van der Waals surface area contributed by atoms with E-state index in [1.807, 2.05) is 6.92 Å². The highest BCUT2D eigenvalue weighted by Crippen LogP contribution is 2.27. The highest BCUT2D eigenvalue weighted by atomic mass is 32.2. The molecule has 10 nitrogen and oxygen atoms in total. The van der Waals surface area contributed by atoms with Crippen LogP contribution in [0.1, 0.15) is 31.2 Å². The summed E-state index contributed by atoms with van der Waals surface area (Å²) in [5.74, 6) is 0.503. The van der Waals surface area contributed by atoms with E-state index in [9.17, 15) is 13.5 Å². The quantitative estimate of drug-likeness (QED) is 0.548. The van der Waals surface area contributed by atoms with Crippen LogP contribution in [0.2, 0.25) is 0 Å². The lowest BCUT2D eigenvalue weighted by atomic mass is 9.94. The van der Waals surface area contributed by atoms with Gasteiger partial charge in [0, 0.05) is 11.6 Å². The Hall–Kier alpha value is -2.89. The molecule has 2 aromatic heterocycles. The highest BCUT2D eigenvalue weighted by Gasteiger charge is 2.25. The number of anilines is 1. The molecule has 30 heavy (non-hydrogen) atoms. The average Bonchev–Trinajstić information content (AvgIpc) is 3.25. The van der Waals surface area contributed by atoms with Crippen LogP contribution >= 0.6 is 0 Å². The van der Waals surface area contributed by atoms with E-state index in [4.69, 9.17) is 5.73 Å². The van der Waals surface area contributed by atoms with Gasteiger partial charge >= 0.3 is 0 Å². The summed E-state index contributed by atoms with van der Waals surface area (Å²) in [6.07, 6.45) is 6.40. The number of aryl methyl sites for hydroxylation is 1. The lowest BCUT2D eigenvalue weighted by Crippen LogP contribution is -2.38. The van der Waals surface area contributed by atoms with Gasteiger partial charge in [0.1, 0.15) is 12.7 Å². The van der Waals surface area contributed by atoms with Gasteiger partial charge in [-0.25, -0.2) is 28.1 Å². The zero-order valence-electron chi connectivity index (χ0n) is 16.4. The molecule has 1 fully saturated rings. The summed E-state index contributed by atoms with van der Waals surface area (Å²) in [4.78, 5) is 12.7. The summed E-state index contributed by atoms with van der Waals surface area (Å²) in [5.41, 5.74) is 7.88. The van der Waals surface area contributed by atoms with E-state index >= 15 is 0 Å². The summed E-state index contributed by atoms with van der Waals surface area (Å²) in [7, 11) is -3.72. The number of hydrogen-bond donors (Lipinski definition) is 3. The van der Waals surface area contributed by atoms with Crippen LogP contribution in [0.25, 0.3) is 17.1 Å². The number of sulfonamides is 1. The molecular weight excluding hydrogens is 406 g/mol. The third-order valence-corrected chi connectivity index (χ3v) is 6.75. The van der Waals surface area contributed by atoms with Crippen LogP contribution in [0, 0.1) is 6.92 Å². The fourth-order valence-corrected chi connectivity index (χ4v) is 4.86. The first-order chi connectivity index (χ1) is 14.3. The molecule has 0 amide bonds. The summed E-state index contributed by atoms with van der Waals surface area (Å²) in [6.45, 7) is 1.87. The number of nitrogens with one attached hydrogen (secondary N) is 1. The van der Waals surface area contributed by atoms with Crippen LogP contribution in [-0.4, -0.2) is 50.4 Å². The van der Waals surface area contributed by atoms with E-state index in [0.29, 0.717) is 42.8 Å². The fraction of sp³-hybridized carbons (Fsp3) is 0.368. The number of nitrogen functional groups attached to an aromatic ring is 1. The molecule has 0 spiro atoms. The SMILES string of the molecule is Cc1ccc(S(=O)(=O)N[C@H]2CC[C@@H](O)CC2)cc1-c1cnc(N)c(-n2cncn2)n1. The zero-order valence-corrected chi connectivity index (χ0v) is 17.2. The number of nitrogens with two attached hydrogens (primary N) is 1. The summed E-state index contributed by atoms with van der Waals surface area (Å²) in [5, 5.41) is 13.7. The van der Waals surface area contributed by atoms with Gasteiger partial charge in [0.2, 0.25) is 10.0 Å². The zero-order chi connectivity index (χ0) is 21.3. The minimum atomic E-state index is -3.72. The molecule has 0 atom stereocenters. The van der Waals surface area contributed by atoms with Gasteiger partial charge in [-0.1, -0.05) is 6.07 Å². The molecule has 4 rings (SSSR count). The first-order valence-electron chi connectivity index (χ1n) is 9.62. The van der Waals surface area contributed by atoms with Gasteiger partial charge in [-0.15, -0.1) is 0 Å². The number of rotatable bonds is 5. The van der Waals surface area contributed by atoms with Crippen molar-refractivity contribution in [3.05, 3.63) is 42.6 Å². The van der Waals surface area contributed by atoms with Crippen molar-refractivity contribution < 1.29 is 13.5 Å². The van der Waals surface area contributed by atoms with E-state index in [1.165, 1.54) is 23.5 Å². The van der Waals surface area contributed by atoms with Gasteiger partial charge in [-0.3, -0.25) is 0 Å². The molecule has 1 aromatic carbocycles. The fourth-order valence-electron chi connectivity index (χ4n) is 3.53. The van der Waals surface area contributed by atoms with Gasteiger partial charge in [-0.2, -0.15) is 9.78 Å². The van der Waals surface area contributed by atoms with Gasteiger partial charge in [-0.05, 0) is 50.3 Å².